The molecule has 0 aliphatic carbocycles. The molecule has 0 aromatic rings. The predicted molar refractivity (Wildman–Crippen MR) is 72.4 cm³/mol. The average Bonchev–Trinajstić information content (AvgIpc) is 2.53. The molecule has 1 aliphatic rings. The van der Waals surface area contributed by atoms with E-state index in [2.05, 4.69) is 0 Å². The van der Waals surface area contributed by atoms with Crippen LogP contribution in [0.1, 0.15) is 41.5 Å². The molecular formula is C13H25O4P. The first-order valence-corrected chi connectivity index (χ1v) is 7.62. The Hall–Kier alpha value is -0.150. The fraction of sp³-hybridized carbons (Fsp3) is 0.846. The van der Waals surface area contributed by atoms with Crippen LogP contribution in [0.2, 0.25) is 0 Å². The van der Waals surface area contributed by atoms with Crippen LogP contribution in [-0.2, 0) is 18.3 Å². The van der Waals surface area contributed by atoms with E-state index < -0.39 is 13.4 Å². The van der Waals surface area contributed by atoms with Gasteiger partial charge in [-0.2, -0.15) is 0 Å². The van der Waals surface area contributed by atoms with Gasteiger partial charge in [0.25, 0.3) is 0 Å². The van der Waals surface area contributed by atoms with E-state index >= 15 is 0 Å². The molecule has 106 valence electrons. The van der Waals surface area contributed by atoms with E-state index in [4.69, 9.17) is 13.8 Å². The maximum atomic E-state index is 12.8. The van der Waals surface area contributed by atoms with Gasteiger partial charge in [-0.05, 0) is 11.5 Å². The molecule has 0 bridgehead atoms. The summed E-state index contributed by atoms with van der Waals surface area (Å²) in [6, 6.07) is 0. The highest BCUT2D eigenvalue weighted by molar-refractivity contribution is 7.58. The number of allylic oxidation sites excluding steroid dienone is 1. The molecular weight excluding hydrogens is 251 g/mol. The van der Waals surface area contributed by atoms with Gasteiger partial charge in [-0.1, -0.05) is 41.5 Å². The first-order valence-electron chi connectivity index (χ1n) is 6.07. The number of ether oxygens (including phenoxy) is 1. The fourth-order valence-electron chi connectivity index (χ4n) is 2.03. The topological polar surface area (TPSA) is 44.8 Å². The Balaban J connectivity index is 3.41. The third-order valence-electron chi connectivity index (χ3n) is 3.23. The number of rotatable bonds is 2. The maximum absolute atomic E-state index is 12.8. The molecule has 1 aliphatic heterocycles. The normalized spacial score (nSPS) is 33.7. The molecule has 0 aromatic carbocycles. The van der Waals surface area contributed by atoms with Crippen LogP contribution < -0.4 is 0 Å². The lowest BCUT2D eigenvalue weighted by molar-refractivity contribution is -0.188. The zero-order valence-electron chi connectivity index (χ0n) is 12.7. The van der Waals surface area contributed by atoms with Crippen LogP contribution in [0, 0.1) is 10.8 Å². The zero-order valence-corrected chi connectivity index (χ0v) is 13.6. The van der Waals surface area contributed by atoms with Gasteiger partial charge in [0, 0.05) is 24.9 Å². The van der Waals surface area contributed by atoms with E-state index in [-0.39, 0.29) is 10.8 Å². The number of hydrogen-bond acceptors (Lipinski definition) is 4. The van der Waals surface area contributed by atoms with Gasteiger partial charge in [0.05, 0.1) is 0 Å². The summed E-state index contributed by atoms with van der Waals surface area (Å²) in [5.74, 6) is -1.01. The molecule has 2 atom stereocenters. The summed E-state index contributed by atoms with van der Waals surface area (Å²) in [6.45, 7) is 11.9. The van der Waals surface area contributed by atoms with Crippen LogP contribution in [0.15, 0.2) is 11.4 Å². The average molecular weight is 276 g/mol. The van der Waals surface area contributed by atoms with Crippen molar-refractivity contribution in [2.75, 3.05) is 14.2 Å². The Kier molecular flexibility index (Phi) is 3.93. The van der Waals surface area contributed by atoms with E-state index in [1.165, 1.54) is 7.11 Å². The summed E-state index contributed by atoms with van der Waals surface area (Å²) in [6.07, 6.45) is 1.83. The fourth-order valence-corrected chi connectivity index (χ4v) is 4.31. The number of methoxy groups -OCH3 is 1. The molecule has 0 radical (unpaired) electrons. The van der Waals surface area contributed by atoms with Crippen molar-refractivity contribution in [1.82, 2.24) is 0 Å². The molecule has 0 saturated carbocycles. The molecule has 0 spiro atoms. The quantitative estimate of drug-likeness (QED) is 0.710. The zero-order chi connectivity index (χ0) is 14.4. The van der Waals surface area contributed by atoms with Crippen LogP contribution in [-0.4, -0.2) is 20.0 Å². The van der Waals surface area contributed by atoms with Crippen LogP contribution in [0.25, 0.3) is 0 Å². The van der Waals surface area contributed by atoms with Crippen molar-refractivity contribution >= 4 is 7.60 Å². The van der Waals surface area contributed by atoms with Crippen molar-refractivity contribution in [3.05, 3.63) is 11.4 Å². The molecule has 5 heteroatoms. The molecule has 0 fully saturated rings. The van der Waals surface area contributed by atoms with Gasteiger partial charge in [-0.3, -0.25) is 9.09 Å². The Labute approximate surface area is 110 Å². The highest BCUT2D eigenvalue weighted by Gasteiger charge is 2.56. The Morgan fingerprint density at radius 2 is 1.67 bits per heavy atom. The van der Waals surface area contributed by atoms with E-state index in [9.17, 15) is 4.57 Å². The van der Waals surface area contributed by atoms with Crippen molar-refractivity contribution in [3.63, 3.8) is 0 Å². The monoisotopic (exact) mass is 276 g/mol. The Bertz CT molecular complexity index is 400. The van der Waals surface area contributed by atoms with Crippen molar-refractivity contribution in [2.45, 2.75) is 47.3 Å². The lowest BCUT2D eigenvalue weighted by Gasteiger charge is -2.38. The molecule has 0 amide bonds. The Morgan fingerprint density at radius 1 is 1.17 bits per heavy atom. The molecule has 1 rings (SSSR count). The summed E-state index contributed by atoms with van der Waals surface area (Å²) in [4.78, 5) is 0. The SMILES string of the molecule is CO[C@]1(C(C)(C)C)C=C(C(C)(C)C)[P@@](=O)(OC)O1. The molecule has 4 nitrogen and oxygen atoms in total. The second-order valence-corrected chi connectivity index (χ2v) is 8.70. The summed E-state index contributed by atoms with van der Waals surface area (Å²) in [5, 5.41) is 0.675. The van der Waals surface area contributed by atoms with Crippen molar-refractivity contribution in [3.8, 4) is 0 Å². The van der Waals surface area contributed by atoms with Gasteiger partial charge < -0.3 is 9.26 Å². The van der Waals surface area contributed by atoms with Gasteiger partial charge in [0.1, 0.15) is 0 Å². The molecule has 0 unspecified atom stereocenters. The predicted octanol–water partition coefficient (Wildman–Crippen LogP) is 4.17. The van der Waals surface area contributed by atoms with Crippen molar-refractivity contribution in [2.24, 2.45) is 10.8 Å². The minimum absolute atomic E-state index is 0.295. The van der Waals surface area contributed by atoms with E-state index in [1.54, 1.807) is 7.11 Å². The summed E-state index contributed by atoms with van der Waals surface area (Å²) < 4.78 is 29.3. The molecule has 18 heavy (non-hydrogen) atoms. The summed E-state index contributed by atoms with van der Waals surface area (Å²) in [7, 11) is -0.307. The van der Waals surface area contributed by atoms with Gasteiger partial charge in [0.2, 0.25) is 5.79 Å². The molecule has 0 saturated heterocycles. The lowest BCUT2D eigenvalue weighted by Crippen LogP contribution is -2.42. The molecule has 0 aromatic heterocycles. The Morgan fingerprint density at radius 3 is 1.89 bits per heavy atom. The van der Waals surface area contributed by atoms with Gasteiger partial charge in [-0.15, -0.1) is 0 Å². The van der Waals surface area contributed by atoms with Crippen molar-refractivity contribution in [1.29, 1.82) is 0 Å². The first kappa shape index (κ1) is 15.9. The van der Waals surface area contributed by atoms with E-state index in [1.807, 2.05) is 47.6 Å². The van der Waals surface area contributed by atoms with Gasteiger partial charge >= 0.3 is 7.60 Å². The van der Waals surface area contributed by atoms with Crippen LogP contribution >= 0.6 is 7.60 Å². The summed E-state index contributed by atoms with van der Waals surface area (Å²) in [5.41, 5.74) is -0.639. The minimum atomic E-state index is -3.28. The third-order valence-corrected chi connectivity index (χ3v) is 5.62. The first-order chi connectivity index (χ1) is 7.92. The van der Waals surface area contributed by atoms with E-state index in [0.717, 1.165) is 0 Å². The second-order valence-electron chi connectivity index (χ2n) is 6.67. The molecule has 1 heterocycles. The largest absolute Gasteiger partial charge is 0.360 e. The molecule has 0 N–H and O–H groups in total. The van der Waals surface area contributed by atoms with Crippen LogP contribution in [0.5, 0.6) is 0 Å². The maximum Gasteiger partial charge on any atom is 0.360 e. The number of hydrogen-bond donors (Lipinski definition) is 0. The lowest BCUT2D eigenvalue weighted by atomic mass is 9.83. The van der Waals surface area contributed by atoms with Gasteiger partial charge in [0.15, 0.2) is 0 Å². The standard InChI is InChI=1S/C13H25O4P/c1-11(2,3)10-9-13(15-7,12(4,5)6)17-18(10,14)16-8/h9H,1-8H3/t13-,18-/m1/s1. The highest BCUT2D eigenvalue weighted by atomic mass is 31.2. The third kappa shape index (κ3) is 2.44. The van der Waals surface area contributed by atoms with Gasteiger partial charge in [-0.25, -0.2) is 0 Å². The van der Waals surface area contributed by atoms with Crippen LogP contribution in [0.4, 0.5) is 0 Å². The summed E-state index contributed by atoms with van der Waals surface area (Å²) >= 11 is 0. The highest BCUT2D eigenvalue weighted by Crippen LogP contribution is 2.70. The van der Waals surface area contributed by atoms with E-state index in [0.29, 0.717) is 5.31 Å². The second kappa shape index (κ2) is 4.45. The van der Waals surface area contributed by atoms with Crippen molar-refractivity contribution < 1.29 is 18.3 Å². The minimum Gasteiger partial charge on any atom is -0.349 e. The van der Waals surface area contributed by atoms with Crippen LogP contribution in [0.3, 0.4) is 0 Å². The smallest absolute Gasteiger partial charge is 0.349 e.